The minimum absolute atomic E-state index is 0.0184. The van der Waals surface area contributed by atoms with Gasteiger partial charge in [-0.3, -0.25) is 4.79 Å². The monoisotopic (exact) mass is 242 g/mol. The molecule has 0 aromatic heterocycles. The van der Waals surface area contributed by atoms with E-state index in [1.165, 1.54) is 6.42 Å². The molecule has 1 amide bonds. The Hall–Kier alpha value is -0.650. The highest BCUT2D eigenvalue weighted by Gasteiger charge is 2.30. The topological polar surface area (TPSA) is 73.6 Å². The third-order valence-corrected chi connectivity index (χ3v) is 3.44. The van der Waals surface area contributed by atoms with Gasteiger partial charge < -0.3 is 20.5 Å². The third-order valence-electron chi connectivity index (χ3n) is 3.44. The highest BCUT2D eigenvalue weighted by Crippen LogP contribution is 2.19. The normalized spacial score (nSPS) is 33.6. The molecular weight excluding hydrogens is 220 g/mol. The van der Waals surface area contributed by atoms with E-state index >= 15 is 0 Å². The number of ether oxygens (including phenoxy) is 2. The summed E-state index contributed by atoms with van der Waals surface area (Å²) in [5.74, 6) is -0.0184. The summed E-state index contributed by atoms with van der Waals surface area (Å²) in [4.78, 5) is 11.8. The molecule has 2 heterocycles. The van der Waals surface area contributed by atoms with Crippen LogP contribution in [0.4, 0.5) is 0 Å². The maximum atomic E-state index is 11.8. The van der Waals surface area contributed by atoms with Gasteiger partial charge in [0, 0.05) is 19.7 Å². The van der Waals surface area contributed by atoms with E-state index in [9.17, 15) is 4.79 Å². The van der Waals surface area contributed by atoms with Gasteiger partial charge in [-0.2, -0.15) is 0 Å². The highest BCUT2D eigenvalue weighted by atomic mass is 16.5. The van der Waals surface area contributed by atoms with Crippen molar-refractivity contribution in [1.29, 1.82) is 0 Å². The Morgan fingerprint density at radius 1 is 1.24 bits per heavy atom. The first-order chi connectivity index (χ1) is 8.29. The maximum Gasteiger partial charge on any atom is 0.249 e. The van der Waals surface area contributed by atoms with Gasteiger partial charge in [-0.05, 0) is 32.1 Å². The second-order valence-electron chi connectivity index (χ2n) is 4.79. The average molecular weight is 242 g/mol. The number of nitrogens with one attached hydrogen (secondary N) is 1. The predicted molar refractivity (Wildman–Crippen MR) is 63.6 cm³/mol. The summed E-state index contributed by atoms with van der Waals surface area (Å²) in [6.45, 7) is 1.91. The Kier molecular flexibility index (Phi) is 4.76. The fraction of sp³-hybridized carbons (Fsp3) is 0.917. The van der Waals surface area contributed by atoms with Crippen molar-refractivity contribution in [2.24, 2.45) is 5.73 Å². The number of hydrogen-bond donors (Lipinski definition) is 2. The van der Waals surface area contributed by atoms with Gasteiger partial charge in [0.25, 0.3) is 0 Å². The largest absolute Gasteiger partial charge is 0.376 e. The van der Waals surface area contributed by atoms with Gasteiger partial charge in [0.1, 0.15) is 6.10 Å². The van der Waals surface area contributed by atoms with Crippen molar-refractivity contribution in [3.63, 3.8) is 0 Å². The van der Waals surface area contributed by atoms with Crippen molar-refractivity contribution in [2.45, 2.75) is 50.4 Å². The molecule has 3 unspecified atom stereocenters. The molecule has 98 valence electrons. The summed E-state index contributed by atoms with van der Waals surface area (Å²) in [7, 11) is 0. The molecule has 17 heavy (non-hydrogen) atoms. The number of carbonyl (C=O) groups excluding carboxylic acids is 1. The fourth-order valence-electron chi connectivity index (χ4n) is 2.37. The average Bonchev–Trinajstić information content (AvgIpc) is 2.86. The van der Waals surface area contributed by atoms with Gasteiger partial charge in [-0.1, -0.05) is 0 Å². The Morgan fingerprint density at radius 3 is 2.76 bits per heavy atom. The van der Waals surface area contributed by atoms with E-state index in [-0.39, 0.29) is 24.2 Å². The zero-order valence-corrected chi connectivity index (χ0v) is 10.2. The molecule has 0 aromatic carbocycles. The number of nitrogens with two attached hydrogens (primary N) is 1. The molecule has 0 aliphatic carbocycles. The van der Waals surface area contributed by atoms with Crippen LogP contribution in [0, 0.1) is 0 Å². The summed E-state index contributed by atoms with van der Waals surface area (Å²) in [6, 6.07) is 0. The zero-order valence-electron chi connectivity index (χ0n) is 10.2. The van der Waals surface area contributed by atoms with E-state index < -0.39 is 0 Å². The molecular formula is C12H22N2O3. The molecule has 2 saturated heterocycles. The van der Waals surface area contributed by atoms with Crippen molar-refractivity contribution in [1.82, 2.24) is 5.32 Å². The first kappa shape index (κ1) is 12.8. The first-order valence-corrected chi connectivity index (χ1v) is 6.54. The van der Waals surface area contributed by atoms with Crippen molar-refractivity contribution in [3.05, 3.63) is 0 Å². The minimum atomic E-state index is -0.313. The van der Waals surface area contributed by atoms with Gasteiger partial charge in [-0.15, -0.1) is 0 Å². The molecule has 0 aromatic rings. The molecule has 5 nitrogen and oxygen atoms in total. The number of amides is 1. The molecule has 2 aliphatic rings. The fourth-order valence-corrected chi connectivity index (χ4v) is 2.37. The predicted octanol–water partition coefficient (Wildman–Crippen LogP) is 0.178. The minimum Gasteiger partial charge on any atom is -0.376 e. The van der Waals surface area contributed by atoms with Gasteiger partial charge >= 0.3 is 0 Å². The van der Waals surface area contributed by atoms with Gasteiger partial charge in [0.05, 0.1) is 12.2 Å². The maximum absolute atomic E-state index is 11.8. The highest BCUT2D eigenvalue weighted by molar-refractivity contribution is 5.81. The Labute approximate surface area is 102 Å². The van der Waals surface area contributed by atoms with E-state index in [2.05, 4.69) is 5.32 Å². The number of carbonyl (C=O) groups is 1. The summed E-state index contributed by atoms with van der Waals surface area (Å²) in [5, 5.41) is 2.91. The molecule has 2 rings (SSSR count). The Balaban J connectivity index is 1.66. The van der Waals surface area contributed by atoms with Gasteiger partial charge in [0.2, 0.25) is 5.91 Å². The molecule has 0 saturated carbocycles. The lowest BCUT2D eigenvalue weighted by atomic mass is 10.1. The Morgan fingerprint density at radius 2 is 2.12 bits per heavy atom. The van der Waals surface area contributed by atoms with Crippen LogP contribution in [0.15, 0.2) is 0 Å². The molecule has 5 heteroatoms. The molecule has 0 spiro atoms. The van der Waals surface area contributed by atoms with Crippen LogP contribution in [-0.2, 0) is 14.3 Å². The van der Waals surface area contributed by atoms with Crippen molar-refractivity contribution < 1.29 is 14.3 Å². The standard InChI is InChI=1S/C12H22N2O3/c13-7-9-4-5-11(17-9)12(15)14-8-10-3-1-2-6-16-10/h9-11H,1-8,13H2,(H,14,15). The second-order valence-corrected chi connectivity index (χ2v) is 4.79. The lowest BCUT2D eigenvalue weighted by Gasteiger charge is -2.23. The van der Waals surface area contributed by atoms with Crippen LogP contribution < -0.4 is 11.1 Å². The van der Waals surface area contributed by atoms with Crippen LogP contribution in [0.3, 0.4) is 0 Å². The lowest BCUT2D eigenvalue weighted by Crippen LogP contribution is -2.41. The summed E-state index contributed by atoms with van der Waals surface area (Å²) in [5.41, 5.74) is 5.51. The Bertz CT molecular complexity index is 254. The second kappa shape index (κ2) is 6.33. The van der Waals surface area contributed by atoms with Crippen LogP contribution in [-0.4, -0.2) is 43.9 Å². The number of rotatable bonds is 4. The summed E-state index contributed by atoms with van der Waals surface area (Å²) < 4.78 is 11.1. The van der Waals surface area contributed by atoms with E-state index in [0.717, 1.165) is 32.3 Å². The van der Waals surface area contributed by atoms with Crippen LogP contribution >= 0.6 is 0 Å². The molecule has 3 atom stereocenters. The lowest BCUT2D eigenvalue weighted by molar-refractivity contribution is -0.132. The number of hydrogen-bond acceptors (Lipinski definition) is 4. The van der Waals surface area contributed by atoms with Crippen LogP contribution in [0.1, 0.15) is 32.1 Å². The van der Waals surface area contributed by atoms with E-state index in [1.807, 2.05) is 0 Å². The van der Waals surface area contributed by atoms with Crippen LogP contribution in [0.25, 0.3) is 0 Å². The first-order valence-electron chi connectivity index (χ1n) is 6.54. The van der Waals surface area contributed by atoms with Gasteiger partial charge in [-0.25, -0.2) is 0 Å². The van der Waals surface area contributed by atoms with Crippen molar-refractivity contribution >= 4 is 5.91 Å². The SMILES string of the molecule is NCC1CCC(C(=O)NCC2CCCCO2)O1. The van der Waals surface area contributed by atoms with E-state index in [1.54, 1.807) is 0 Å². The summed E-state index contributed by atoms with van der Waals surface area (Å²) >= 11 is 0. The van der Waals surface area contributed by atoms with Crippen molar-refractivity contribution in [2.75, 3.05) is 19.7 Å². The smallest absolute Gasteiger partial charge is 0.249 e. The van der Waals surface area contributed by atoms with Gasteiger partial charge in [0.15, 0.2) is 0 Å². The van der Waals surface area contributed by atoms with E-state index in [0.29, 0.717) is 13.1 Å². The summed E-state index contributed by atoms with van der Waals surface area (Å²) in [6.07, 6.45) is 4.94. The molecule has 0 radical (unpaired) electrons. The zero-order chi connectivity index (χ0) is 12.1. The van der Waals surface area contributed by atoms with Crippen LogP contribution in [0.5, 0.6) is 0 Å². The molecule has 3 N–H and O–H groups in total. The quantitative estimate of drug-likeness (QED) is 0.737. The molecule has 2 fully saturated rings. The molecule has 2 aliphatic heterocycles. The third kappa shape index (κ3) is 3.66. The van der Waals surface area contributed by atoms with E-state index in [4.69, 9.17) is 15.2 Å². The van der Waals surface area contributed by atoms with Crippen molar-refractivity contribution in [3.8, 4) is 0 Å². The molecule has 0 bridgehead atoms. The van der Waals surface area contributed by atoms with Crippen LogP contribution in [0.2, 0.25) is 0 Å².